The summed E-state index contributed by atoms with van der Waals surface area (Å²) in [7, 11) is 0. The van der Waals surface area contributed by atoms with Gasteiger partial charge in [0.05, 0.1) is 16.2 Å². The van der Waals surface area contributed by atoms with Gasteiger partial charge in [0, 0.05) is 11.3 Å². The van der Waals surface area contributed by atoms with Crippen LogP contribution in [0.25, 0.3) is 5.57 Å². The molecule has 0 aliphatic carbocycles. The van der Waals surface area contributed by atoms with Gasteiger partial charge < -0.3 is 10.4 Å². The molecule has 2 aliphatic rings. The van der Waals surface area contributed by atoms with Crippen molar-refractivity contribution in [2.75, 3.05) is 23.3 Å². The normalized spacial score (nSPS) is 17.7. The maximum absolute atomic E-state index is 13.3. The van der Waals surface area contributed by atoms with Crippen molar-refractivity contribution in [3.63, 3.8) is 0 Å². The molecule has 0 aromatic heterocycles. The lowest BCUT2D eigenvalue weighted by atomic mass is 10.1. The second-order valence-corrected chi connectivity index (χ2v) is 8.83. The molecule has 1 saturated heterocycles. The second-order valence-electron chi connectivity index (χ2n) is 7.18. The van der Waals surface area contributed by atoms with Gasteiger partial charge >= 0.3 is 5.97 Å². The van der Waals surface area contributed by atoms with Crippen molar-refractivity contribution in [1.29, 1.82) is 0 Å². The molecule has 2 aliphatic heterocycles. The number of rotatable bonds is 5. The molecule has 0 atom stereocenters. The molecule has 3 amide bonds. The molecule has 0 saturated carbocycles. The summed E-state index contributed by atoms with van der Waals surface area (Å²) in [5.41, 5.74) is 2.71. The van der Waals surface area contributed by atoms with E-state index in [0.717, 1.165) is 22.2 Å². The lowest BCUT2D eigenvalue weighted by Gasteiger charge is -2.17. The smallest absolute Gasteiger partial charge is 0.323 e. The highest BCUT2D eigenvalue weighted by Crippen LogP contribution is 2.44. The first-order chi connectivity index (χ1) is 15.3. The monoisotopic (exact) mass is 467 g/mol. The van der Waals surface area contributed by atoms with Crippen molar-refractivity contribution in [3.8, 4) is 0 Å². The molecule has 0 unspecified atom stereocenters. The standard InChI is InChI=1S/C22H17N3O5S2/c1-12-5-4-6-13(9-12)23-16(26)10-24-15-8-3-2-7-14(15)18(20(24)29)19-21(30)25(11-17(27)28)22(31)32-19/h2-9H,10-11H2,1H3,(H,23,26)(H,27,28)/b19-18+. The highest BCUT2D eigenvalue weighted by Gasteiger charge is 2.42. The number of nitrogens with one attached hydrogen (secondary N) is 1. The Kier molecular flexibility index (Phi) is 5.81. The summed E-state index contributed by atoms with van der Waals surface area (Å²) < 4.78 is 0.0702. The van der Waals surface area contributed by atoms with Gasteiger partial charge in [0.15, 0.2) is 0 Å². The van der Waals surface area contributed by atoms with Gasteiger partial charge in [0.2, 0.25) is 5.91 Å². The lowest BCUT2D eigenvalue weighted by molar-refractivity contribution is -0.140. The number of carbonyl (C=O) groups is 4. The third-order valence-corrected chi connectivity index (χ3v) is 6.34. The molecule has 2 aromatic carbocycles. The minimum absolute atomic E-state index is 0.0651. The average molecular weight is 468 g/mol. The van der Waals surface area contributed by atoms with Gasteiger partial charge in [-0.05, 0) is 30.7 Å². The van der Waals surface area contributed by atoms with Crippen LogP contribution in [-0.2, 0) is 19.2 Å². The zero-order chi connectivity index (χ0) is 23.0. The Morgan fingerprint density at radius 1 is 1.03 bits per heavy atom. The third kappa shape index (κ3) is 4.02. The largest absolute Gasteiger partial charge is 0.480 e. The van der Waals surface area contributed by atoms with Crippen LogP contribution in [0.1, 0.15) is 11.1 Å². The third-order valence-electron chi connectivity index (χ3n) is 4.90. The molecule has 0 spiro atoms. The van der Waals surface area contributed by atoms with Gasteiger partial charge in [-0.15, -0.1) is 0 Å². The van der Waals surface area contributed by atoms with Crippen molar-refractivity contribution >= 4 is 68.9 Å². The van der Waals surface area contributed by atoms with Crippen LogP contribution in [0.4, 0.5) is 11.4 Å². The van der Waals surface area contributed by atoms with Crippen LogP contribution in [0.2, 0.25) is 0 Å². The number of amides is 3. The van der Waals surface area contributed by atoms with Crippen LogP contribution in [0.5, 0.6) is 0 Å². The first-order valence-corrected chi connectivity index (χ1v) is 10.8. The number of aliphatic carboxylic acids is 1. The molecule has 4 rings (SSSR count). The first-order valence-electron chi connectivity index (χ1n) is 9.54. The van der Waals surface area contributed by atoms with Crippen LogP contribution in [0.15, 0.2) is 53.4 Å². The van der Waals surface area contributed by atoms with Crippen LogP contribution in [0, 0.1) is 6.92 Å². The zero-order valence-corrected chi connectivity index (χ0v) is 18.5. The van der Waals surface area contributed by atoms with Crippen molar-refractivity contribution in [1.82, 2.24) is 4.90 Å². The van der Waals surface area contributed by atoms with E-state index in [1.807, 2.05) is 25.1 Å². The Labute approximate surface area is 192 Å². The molecule has 1 fully saturated rings. The minimum atomic E-state index is -1.21. The SMILES string of the molecule is Cc1cccc(NC(=O)CN2C(=O)/C(=C3/SC(=S)N(CC(=O)O)C3=O)c3ccccc32)c1. The van der Waals surface area contributed by atoms with E-state index in [-0.39, 0.29) is 21.3 Å². The number of thiocarbonyl (C=S) groups is 1. The van der Waals surface area contributed by atoms with Crippen molar-refractivity contribution in [2.24, 2.45) is 0 Å². The molecular formula is C22H17N3O5S2. The quantitative estimate of drug-likeness (QED) is 0.514. The van der Waals surface area contributed by atoms with E-state index in [1.54, 1.807) is 30.3 Å². The van der Waals surface area contributed by atoms with Gasteiger partial charge in [-0.1, -0.05) is 54.3 Å². The summed E-state index contributed by atoms with van der Waals surface area (Å²) >= 11 is 6.04. The number of hydrogen-bond acceptors (Lipinski definition) is 6. The summed E-state index contributed by atoms with van der Waals surface area (Å²) in [6.07, 6.45) is 0. The summed E-state index contributed by atoms with van der Waals surface area (Å²) in [5, 5.41) is 11.8. The summed E-state index contributed by atoms with van der Waals surface area (Å²) in [4.78, 5) is 52.2. The number of benzene rings is 2. The van der Waals surface area contributed by atoms with Crippen LogP contribution < -0.4 is 10.2 Å². The number of aryl methyl sites for hydroxylation is 1. The Morgan fingerprint density at radius 3 is 2.50 bits per heavy atom. The van der Waals surface area contributed by atoms with Crippen molar-refractivity contribution in [2.45, 2.75) is 6.92 Å². The predicted octanol–water partition coefficient (Wildman–Crippen LogP) is 2.64. The number of nitrogens with zero attached hydrogens (tertiary/aromatic N) is 2. The highest BCUT2D eigenvalue weighted by atomic mass is 32.2. The summed E-state index contributed by atoms with van der Waals surface area (Å²) in [6.45, 7) is 1.07. The molecule has 162 valence electrons. The van der Waals surface area contributed by atoms with E-state index in [9.17, 15) is 19.2 Å². The maximum atomic E-state index is 13.3. The van der Waals surface area contributed by atoms with E-state index in [1.165, 1.54) is 4.90 Å². The highest BCUT2D eigenvalue weighted by molar-refractivity contribution is 8.26. The average Bonchev–Trinajstić information content (AvgIpc) is 3.15. The van der Waals surface area contributed by atoms with E-state index in [4.69, 9.17) is 17.3 Å². The Hall–Kier alpha value is -3.50. The number of carboxylic acid groups (broad SMARTS) is 1. The molecule has 8 nitrogen and oxygen atoms in total. The molecular weight excluding hydrogens is 450 g/mol. The Morgan fingerprint density at radius 2 is 1.78 bits per heavy atom. The molecule has 0 radical (unpaired) electrons. The van der Waals surface area contributed by atoms with Gasteiger partial charge in [0.25, 0.3) is 11.8 Å². The fourth-order valence-corrected chi connectivity index (χ4v) is 4.87. The van der Waals surface area contributed by atoms with E-state index < -0.39 is 30.2 Å². The van der Waals surface area contributed by atoms with E-state index >= 15 is 0 Å². The Balaban J connectivity index is 1.65. The molecule has 2 aromatic rings. The molecule has 10 heteroatoms. The molecule has 2 heterocycles. The number of carbonyl (C=O) groups excluding carboxylic acids is 3. The number of anilines is 2. The zero-order valence-electron chi connectivity index (χ0n) is 16.8. The van der Waals surface area contributed by atoms with Crippen LogP contribution in [0.3, 0.4) is 0 Å². The number of para-hydroxylation sites is 1. The van der Waals surface area contributed by atoms with Crippen molar-refractivity contribution in [3.05, 3.63) is 64.6 Å². The van der Waals surface area contributed by atoms with Gasteiger partial charge in [-0.3, -0.25) is 29.0 Å². The van der Waals surface area contributed by atoms with Crippen LogP contribution in [-0.4, -0.2) is 51.1 Å². The molecule has 32 heavy (non-hydrogen) atoms. The number of hydrogen-bond donors (Lipinski definition) is 2. The number of thioether (sulfide) groups is 1. The lowest BCUT2D eigenvalue weighted by Crippen LogP contribution is -2.36. The summed E-state index contributed by atoms with van der Waals surface area (Å²) in [6, 6.07) is 14.1. The molecule has 2 N–H and O–H groups in total. The van der Waals surface area contributed by atoms with Crippen molar-refractivity contribution < 1.29 is 24.3 Å². The van der Waals surface area contributed by atoms with Gasteiger partial charge in [-0.2, -0.15) is 0 Å². The number of fused-ring (bicyclic) bond motifs is 1. The van der Waals surface area contributed by atoms with E-state index in [2.05, 4.69) is 5.32 Å². The number of carboxylic acids is 1. The summed E-state index contributed by atoms with van der Waals surface area (Å²) in [5.74, 6) is -2.74. The Bertz CT molecular complexity index is 1220. The van der Waals surface area contributed by atoms with E-state index in [0.29, 0.717) is 16.9 Å². The topological polar surface area (TPSA) is 107 Å². The minimum Gasteiger partial charge on any atom is -0.480 e. The fraction of sp³-hybridized carbons (Fsp3) is 0.136. The molecule has 0 bridgehead atoms. The fourth-order valence-electron chi connectivity index (χ4n) is 3.54. The maximum Gasteiger partial charge on any atom is 0.323 e. The van der Waals surface area contributed by atoms with Gasteiger partial charge in [0.1, 0.15) is 17.4 Å². The van der Waals surface area contributed by atoms with Gasteiger partial charge in [-0.25, -0.2) is 0 Å². The predicted molar refractivity (Wildman–Crippen MR) is 125 cm³/mol. The van der Waals surface area contributed by atoms with Crippen LogP contribution >= 0.6 is 24.0 Å². The second kappa shape index (κ2) is 8.56. The first kappa shape index (κ1) is 21.7.